The number of hydrogen-bond donors (Lipinski definition) is 3. The minimum absolute atomic E-state index is 0.343. The fourth-order valence-electron chi connectivity index (χ4n) is 1.49. The molecule has 0 saturated carbocycles. The van der Waals surface area contributed by atoms with E-state index in [1.54, 1.807) is 32.2 Å². The number of hydrogen-bond acceptors (Lipinski definition) is 6. The van der Waals surface area contributed by atoms with Crippen molar-refractivity contribution in [3.63, 3.8) is 0 Å². The predicted molar refractivity (Wildman–Crippen MR) is 78.4 cm³/mol. The van der Waals surface area contributed by atoms with Crippen molar-refractivity contribution in [3.05, 3.63) is 11.4 Å². The zero-order chi connectivity index (χ0) is 14.0. The predicted octanol–water partition coefficient (Wildman–Crippen LogP) is 1.66. The Bertz CT molecular complexity index is 607. The molecule has 4 N–H and O–H groups in total. The molecular formula is C12H17N5OS. The van der Waals surface area contributed by atoms with Crippen molar-refractivity contribution in [3.8, 4) is 0 Å². The van der Waals surface area contributed by atoms with Gasteiger partial charge in [-0.05, 0) is 25.3 Å². The molecule has 19 heavy (non-hydrogen) atoms. The summed E-state index contributed by atoms with van der Waals surface area (Å²) in [6.07, 6.45) is 0. The third kappa shape index (κ3) is 2.76. The Morgan fingerprint density at radius 3 is 2.84 bits per heavy atom. The first-order valence-corrected chi connectivity index (χ1v) is 6.79. The maximum Gasteiger partial charge on any atom is 0.225 e. The van der Waals surface area contributed by atoms with Crippen molar-refractivity contribution in [2.75, 3.05) is 24.2 Å². The molecule has 0 aromatic carbocycles. The quantitative estimate of drug-likeness (QED) is 0.774. The number of rotatable bonds is 5. The highest BCUT2D eigenvalue weighted by Gasteiger charge is 2.25. The van der Waals surface area contributed by atoms with E-state index in [-0.39, 0.29) is 5.91 Å². The second-order valence-corrected chi connectivity index (χ2v) is 5.78. The van der Waals surface area contributed by atoms with Crippen LogP contribution in [0.4, 0.5) is 11.8 Å². The van der Waals surface area contributed by atoms with Crippen LogP contribution < -0.4 is 16.4 Å². The van der Waals surface area contributed by atoms with E-state index >= 15 is 0 Å². The van der Waals surface area contributed by atoms with E-state index in [1.165, 1.54) is 0 Å². The summed E-state index contributed by atoms with van der Waals surface area (Å²) in [5.74, 6) is 0.920. The standard InChI is InChI=1S/C12H17N5OS/c1-12(2,10(13)18)6-15-8-7-4-5-19-9(7)17-11(14-3)16-8/h4-5H,6H2,1-3H3,(H2,13,18)(H2,14,15,16,17). The lowest BCUT2D eigenvalue weighted by Crippen LogP contribution is -2.37. The van der Waals surface area contributed by atoms with Gasteiger partial charge in [0.1, 0.15) is 10.6 Å². The molecule has 0 saturated heterocycles. The van der Waals surface area contributed by atoms with Gasteiger partial charge >= 0.3 is 0 Å². The molecule has 0 bridgehead atoms. The molecule has 2 aromatic rings. The number of anilines is 2. The second-order valence-electron chi connectivity index (χ2n) is 4.89. The molecule has 0 unspecified atom stereocenters. The number of thiophene rings is 1. The highest BCUT2D eigenvalue weighted by Crippen LogP contribution is 2.27. The van der Waals surface area contributed by atoms with Crippen molar-refractivity contribution in [2.45, 2.75) is 13.8 Å². The summed E-state index contributed by atoms with van der Waals surface area (Å²) in [7, 11) is 1.77. The number of primary amides is 1. The van der Waals surface area contributed by atoms with E-state index in [2.05, 4.69) is 20.6 Å². The van der Waals surface area contributed by atoms with Crippen LogP contribution in [0.2, 0.25) is 0 Å². The van der Waals surface area contributed by atoms with Gasteiger partial charge < -0.3 is 16.4 Å². The third-order valence-electron chi connectivity index (χ3n) is 2.91. The minimum atomic E-state index is -0.632. The highest BCUT2D eigenvalue weighted by atomic mass is 32.1. The summed E-state index contributed by atoms with van der Waals surface area (Å²) in [5, 5.41) is 9.02. The zero-order valence-corrected chi connectivity index (χ0v) is 12.0. The van der Waals surface area contributed by atoms with Gasteiger partial charge in [0.2, 0.25) is 11.9 Å². The number of carbonyl (C=O) groups is 1. The largest absolute Gasteiger partial charge is 0.369 e. The van der Waals surface area contributed by atoms with Crippen LogP contribution in [0, 0.1) is 5.41 Å². The Hall–Kier alpha value is -1.89. The number of carbonyl (C=O) groups excluding carboxylic acids is 1. The van der Waals surface area contributed by atoms with Crippen molar-refractivity contribution < 1.29 is 4.79 Å². The monoisotopic (exact) mass is 279 g/mol. The molecule has 0 aliphatic carbocycles. The minimum Gasteiger partial charge on any atom is -0.369 e. The van der Waals surface area contributed by atoms with Gasteiger partial charge in [0, 0.05) is 13.6 Å². The Labute approximate surface area is 115 Å². The molecule has 2 heterocycles. The van der Waals surface area contributed by atoms with Gasteiger partial charge in [0.15, 0.2) is 0 Å². The van der Waals surface area contributed by atoms with Crippen LogP contribution in [0.3, 0.4) is 0 Å². The van der Waals surface area contributed by atoms with E-state index in [0.29, 0.717) is 18.3 Å². The normalized spacial score (nSPS) is 11.5. The number of fused-ring (bicyclic) bond motifs is 1. The van der Waals surface area contributed by atoms with Gasteiger partial charge in [0.05, 0.1) is 10.8 Å². The molecule has 2 rings (SSSR count). The van der Waals surface area contributed by atoms with Gasteiger partial charge in [-0.1, -0.05) is 0 Å². The van der Waals surface area contributed by atoms with Crippen LogP contribution >= 0.6 is 11.3 Å². The second kappa shape index (κ2) is 5.00. The van der Waals surface area contributed by atoms with Crippen LogP contribution in [0.1, 0.15) is 13.8 Å². The van der Waals surface area contributed by atoms with Crippen LogP contribution in [0.25, 0.3) is 10.2 Å². The summed E-state index contributed by atoms with van der Waals surface area (Å²) >= 11 is 1.55. The number of nitrogens with two attached hydrogens (primary N) is 1. The maximum atomic E-state index is 11.3. The summed E-state index contributed by atoms with van der Waals surface area (Å²) in [4.78, 5) is 21.0. The smallest absolute Gasteiger partial charge is 0.225 e. The zero-order valence-electron chi connectivity index (χ0n) is 11.2. The van der Waals surface area contributed by atoms with E-state index in [1.807, 2.05) is 11.4 Å². The third-order valence-corrected chi connectivity index (χ3v) is 3.72. The maximum absolute atomic E-state index is 11.3. The molecular weight excluding hydrogens is 262 g/mol. The first-order valence-electron chi connectivity index (χ1n) is 5.91. The molecule has 0 atom stereocenters. The fraction of sp³-hybridized carbons (Fsp3) is 0.417. The van der Waals surface area contributed by atoms with Crippen molar-refractivity contribution >= 4 is 39.2 Å². The summed E-state index contributed by atoms with van der Waals surface area (Å²) < 4.78 is 0. The average molecular weight is 279 g/mol. The summed E-state index contributed by atoms with van der Waals surface area (Å²) in [5.41, 5.74) is 4.73. The molecule has 2 aromatic heterocycles. The molecule has 6 nitrogen and oxygen atoms in total. The van der Waals surface area contributed by atoms with Crippen LogP contribution in [0.5, 0.6) is 0 Å². The number of aromatic nitrogens is 2. The lowest BCUT2D eigenvalue weighted by atomic mass is 9.93. The molecule has 0 aliphatic heterocycles. The summed E-state index contributed by atoms with van der Waals surface area (Å²) in [6, 6.07) is 1.96. The molecule has 0 aliphatic rings. The number of amides is 1. The van der Waals surface area contributed by atoms with Gasteiger partial charge in [-0.15, -0.1) is 11.3 Å². The Balaban J connectivity index is 2.29. The van der Waals surface area contributed by atoms with E-state index in [4.69, 9.17) is 5.73 Å². The Kier molecular flexibility index (Phi) is 3.57. The summed E-state index contributed by atoms with van der Waals surface area (Å²) in [6.45, 7) is 4.02. The van der Waals surface area contributed by atoms with E-state index < -0.39 is 5.41 Å². The van der Waals surface area contributed by atoms with Crippen molar-refractivity contribution in [1.82, 2.24) is 9.97 Å². The van der Waals surface area contributed by atoms with Crippen LogP contribution in [-0.2, 0) is 4.79 Å². The molecule has 7 heteroatoms. The molecule has 0 fully saturated rings. The van der Waals surface area contributed by atoms with Gasteiger partial charge in [0.25, 0.3) is 0 Å². The van der Waals surface area contributed by atoms with Gasteiger partial charge in [-0.25, -0.2) is 4.98 Å². The van der Waals surface area contributed by atoms with Crippen molar-refractivity contribution in [2.24, 2.45) is 11.1 Å². The topological polar surface area (TPSA) is 92.9 Å². The lowest BCUT2D eigenvalue weighted by molar-refractivity contribution is -0.125. The van der Waals surface area contributed by atoms with Crippen molar-refractivity contribution in [1.29, 1.82) is 0 Å². The number of nitrogens with zero attached hydrogens (tertiary/aromatic N) is 2. The first-order chi connectivity index (χ1) is 8.94. The Morgan fingerprint density at radius 1 is 1.47 bits per heavy atom. The average Bonchev–Trinajstić information content (AvgIpc) is 2.83. The molecule has 0 radical (unpaired) electrons. The van der Waals surface area contributed by atoms with Gasteiger partial charge in [-0.3, -0.25) is 4.79 Å². The fourth-order valence-corrected chi connectivity index (χ4v) is 2.26. The lowest BCUT2D eigenvalue weighted by Gasteiger charge is -2.21. The van der Waals surface area contributed by atoms with Crippen LogP contribution in [0.15, 0.2) is 11.4 Å². The molecule has 102 valence electrons. The Morgan fingerprint density at radius 2 is 2.21 bits per heavy atom. The van der Waals surface area contributed by atoms with Crippen LogP contribution in [-0.4, -0.2) is 29.5 Å². The van der Waals surface area contributed by atoms with Gasteiger partial charge in [-0.2, -0.15) is 4.98 Å². The van der Waals surface area contributed by atoms with E-state index in [0.717, 1.165) is 10.2 Å². The number of nitrogens with one attached hydrogen (secondary N) is 2. The molecule has 0 spiro atoms. The van der Waals surface area contributed by atoms with E-state index in [9.17, 15) is 4.79 Å². The SMILES string of the molecule is CNc1nc(NCC(C)(C)C(N)=O)c2ccsc2n1. The first kappa shape index (κ1) is 13.5. The molecule has 1 amide bonds. The highest BCUT2D eigenvalue weighted by molar-refractivity contribution is 7.16.